The standard InChI is InChI=1S/C14H13N5O4.C13H11N5O4.CH4O/c1-7-17-6-19(18-7)13-11-10(9(22-2)5-16-13)8(4-15-11)12(20)14(21)23-3;1-6-16-5-18(17-6)12-10-9(8(22-2)4-15-12)7(3-14-10)11(19)13(20)21;1-2/h4-6,15H,1-3H3;3-5,14H,1-2H3,(H,20,21);2H,1H3. The fraction of sp³-hybridized carbons (Fsp3) is 0.214. The minimum absolute atomic E-state index is 0.000151. The number of aliphatic hydroxyl groups excluding tert-OH is 1. The Kier molecular flexibility index (Phi) is 10.00. The van der Waals surface area contributed by atoms with Crippen LogP contribution in [0.4, 0.5) is 0 Å². The smallest absolute Gasteiger partial charge is 0.379 e. The van der Waals surface area contributed by atoms with Crippen molar-refractivity contribution in [2.75, 3.05) is 28.4 Å². The number of hydrogen-bond donors (Lipinski definition) is 4. The van der Waals surface area contributed by atoms with Gasteiger partial charge in [0.15, 0.2) is 11.6 Å². The van der Waals surface area contributed by atoms with Crippen molar-refractivity contribution in [3.8, 4) is 23.1 Å². The molecule has 6 heterocycles. The topological polar surface area (TPSA) is 255 Å². The van der Waals surface area contributed by atoms with Gasteiger partial charge >= 0.3 is 11.9 Å². The van der Waals surface area contributed by atoms with Crippen LogP contribution in [0.15, 0.2) is 37.4 Å². The molecule has 244 valence electrons. The van der Waals surface area contributed by atoms with Gasteiger partial charge in [-0.3, -0.25) is 9.59 Å². The fourth-order valence-electron chi connectivity index (χ4n) is 4.44. The first-order chi connectivity index (χ1) is 22.6. The summed E-state index contributed by atoms with van der Waals surface area (Å²) >= 11 is 0. The summed E-state index contributed by atoms with van der Waals surface area (Å²) in [7, 11) is 5.02. The number of nitrogens with one attached hydrogen (secondary N) is 2. The van der Waals surface area contributed by atoms with E-state index in [-0.39, 0.29) is 11.1 Å². The molecule has 0 aliphatic heterocycles. The van der Waals surface area contributed by atoms with Crippen LogP contribution in [0, 0.1) is 13.8 Å². The van der Waals surface area contributed by atoms with Gasteiger partial charge in [0, 0.05) is 19.5 Å². The average Bonchev–Trinajstić information content (AvgIpc) is 3.91. The fourth-order valence-corrected chi connectivity index (χ4v) is 4.44. The Morgan fingerprint density at radius 1 is 0.702 bits per heavy atom. The Hall–Kier alpha value is -6.50. The van der Waals surface area contributed by atoms with Gasteiger partial charge in [-0.05, 0) is 13.8 Å². The number of fused-ring (bicyclic) bond motifs is 2. The van der Waals surface area contributed by atoms with Crippen molar-refractivity contribution in [1.82, 2.24) is 49.5 Å². The molecule has 0 bridgehead atoms. The predicted molar refractivity (Wildman–Crippen MR) is 161 cm³/mol. The quantitative estimate of drug-likeness (QED) is 0.103. The van der Waals surface area contributed by atoms with Gasteiger partial charge in [-0.15, -0.1) is 0 Å². The Balaban J connectivity index is 0.000000202. The summed E-state index contributed by atoms with van der Waals surface area (Å²) in [5.74, 6) is -1.70. The van der Waals surface area contributed by atoms with E-state index in [9.17, 15) is 19.2 Å². The molecule has 6 aromatic heterocycles. The number of Topliss-reactive ketones (excluding diaryl/α,β-unsaturated/α-hetero) is 2. The molecular formula is C28H28N10O9. The molecule has 19 nitrogen and oxygen atoms in total. The molecule has 0 spiro atoms. The van der Waals surface area contributed by atoms with Gasteiger partial charge in [0.05, 0.1) is 66.7 Å². The number of aromatic nitrogens is 10. The molecule has 0 aliphatic carbocycles. The van der Waals surface area contributed by atoms with Gasteiger partial charge < -0.3 is 34.4 Å². The maximum Gasteiger partial charge on any atom is 0.379 e. The molecule has 0 aliphatic rings. The summed E-state index contributed by atoms with van der Waals surface area (Å²) in [6.07, 6.45) is 8.58. The van der Waals surface area contributed by atoms with E-state index < -0.39 is 23.5 Å². The highest BCUT2D eigenvalue weighted by Gasteiger charge is 2.26. The second-order valence-electron chi connectivity index (χ2n) is 9.13. The number of aryl methyl sites for hydroxylation is 2. The minimum atomic E-state index is -1.54. The van der Waals surface area contributed by atoms with Crippen LogP contribution >= 0.6 is 0 Å². The van der Waals surface area contributed by atoms with Crippen LogP contribution in [0.3, 0.4) is 0 Å². The third-order valence-electron chi connectivity index (χ3n) is 6.45. The van der Waals surface area contributed by atoms with E-state index in [0.717, 1.165) is 14.2 Å². The van der Waals surface area contributed by atoms with Crippen LogP contribution in [-0.4, -0.2) is 112 Å². The molecule has 0 saturated carbocycles. The normalized spacial score (nSPS) is 10.4. The van der Waals surface area contributed by atoms with E-state index in [2.05, 4.69) is 44.8 Å². The van der Waals surface area contributed by atoms with Gasteiger partial charge in [0.1, 0.15) is 35.8 Å². The van der Waals surface area contributed by atoms with Crippen molar-refractivity contribution in [3.05, 3.63) is 60.2 Å². The molecule has 47 heavy (non-hydrogen) atoms. The van der Waals surface area contributed by atoms with Crippen molar-refractivity contribution in [1.29, 1.82) is 0 Å². The Labute approximate surface area is 264 Å². The van der Waals surface area contributed by atoms with E-state index in [1.807, 2.05) is 0 Å². The molecule has 19 heteroatoms. The number of carboxylic acid groups (broad SMARTS) is 1. The number of carbonyl (C=O) groups excluding carboxylic acids is 3. The minimum Gasteiger partial charge on any atom is -0.494 e. The number of nitrogens with zero attached hydrogens (tertiary/aromatic N) is 8. The zero-order chi connectivity index (χ0) is 34.4. The van der Waals surface area contributed by atoms with Crippen molar-refractivity contribution < 1.29 is 43.6 Å². The van der Waals surface area contributed by atoms with E-state index in [1.165, 1.54) is 61.0 Å². The first kappa shape index (κ1) is 33.4. The number of hydrogen-bond acceptors (Lipinski definition) is 14. The van der Waals surface area contributed by atoms with Crippen molar-refractivity contribution in [2.24, 2.45) is 0 Å². The molecule has 6 rings (SSSR count). The number of aliphatic carboxylic acids is 1. The van der Waals surface area contributed by atoms with Crippen LogP contribution in [0.5, 0.6) is 11.5 Å². The highest BCUT2D eigenvalue weighted by atomic mass is 16.5. The number of aromatic amines is 2. The lowest BCUT2D eigenvalue weighted by atomic mass is 10.1. The Morgan fingerprint density at radius 3 is 1.47 bits per heavy atom. The molecule has 0 unspecified atom stereocenters. The number of rotatable bonds is 8. The first-order valence-corrected chi connectivity index (χ1v) is 13.3. The SMILES string of the molecule is CO.COC(=O)C(=O)c1c[nH]c2c(-n3cnc(C)n3)ncc(OC)c12.COc1cnc(-n2cnc(C)n2)c2[nH]cc(C(=O)C(=O)O)c12. The first-order valence-electron chi connectivity index (χ1n) is 13.3. The summed E-state index contributed by atoms with van der Waals surface area (Å²) in [4.78, 5) is 68.8. The van der Waals surface area contributed by atoms with Crippen molar-refractivity contribution in [2.45, 2.75) is 13.8 Å². The summed E-state index contributed by atoms with van der Waals surface area (Å²) < 4.78 is 17.8. The van der Waals surface area contributed by atoms with Gasteiger partial charge in [-0.1, -0.05) is 0 Å². The largest absolute Gasteiger partial charge is 0.494 e. The third-order valence-corrected chi connectivity index (χ3v) is 6.45. The van der Waals surface area contributed by atoms with Crippen molar-refractivity contribution in [3.63, 3.8) is 0 Å². The molecule has 0 atom stereocenters. The molecule has 0 radical (unpaired) electrons. The lowest BCUT2D eigenvalue weighted by Gasteiger charge is -2.07. The number of methoxy groups -OCH3 is 3. The number of H-pyrrole nitrogens is 2. The molecule has 0 saturated heterocycles. The number of pyridine rings is 2. The maximum absolute atomic E-state index is 12.2. The van der Waals surface area contributed by atoms with Gasteiger partial charge in [-0.2, -0.15) is 10.2 Å². The van der Waals surface area contributed by atoms with Gasteiger partial charge in [0.2, 0.25) is 0 Å². The highest BCUT2D eigenvalue weighted by Crippen LogP contribution is 2.32. The number of aliphatic hydroxyl groups is 1. The zero-order valence-corrected chi connectivity index (χ0v) is 25.8. The second-order valence-corrected chi connectivity index (χ2v) is 9.13. The Morgan fingerprint density at radius 2 is 1.13 bits per heavy atom. The number of esters is 1. The van der Waals surface area contributed by atoms with Crippen LogP contribution in [-0.2, 0) is 14.3 Å². The number of carboxylic acids is 1. The summed E-state index contributed by atoms with van der Waals surface area (Å²) in [5.41, 5.74) is 1.08. The van der Waals surface area contributed by atoms with Crippen LogP contribution in [0.1, 0.15) is 32.4 Å². The third kappa shape index (κ3) is 6.35. The van der Waals surface area contributed by atoms with E-state index in [4.69, 9.17) is 19.7 Å². The van der Waals surface area contributed by atoms with E-state index >= 15 is 0 Å². The van der Waals surface area contributed by atoms with Gasteiger partial charge in [-0.25, -0.2) is 38.9 Å². The van der Waals surface area contributed by atoms with Crippen LogP contribution in [0.2, 0.25) is 0 Å². The number of ether oxygens (including phenoxy) is 3. The summed E-state index contributed by atoms with van der Waals surface area (Å²) in [6, 6.07) is 0. The monoisotopic (exact) mass is 648 g/mol. The predicted octanol–water partition coefficient (Wildman–Crippen LogP) is 1.15. The highest BCUT2D eigenvalue weighted by molar-refractivity contribution is 6.43. The molecule has 6 aromatic rings. The molecule has 0 aromatic carbocycles. The average molecular weight is 649 g/mol. The molecule has 4 N–H and O–H groups in total. The van der Waals surface area contributed by atoms with E-state index in [0.29, 0.717) is 56.6 Å². The number of ketones is 2. The Bertz CT molecular complexity index is 2110. The van der Waals surface area contributed by atoms with Crippen LogP contribution in [0.25, 0.3) is 33.4 Å². The summed E-state index contributed by atoms with van der Waals surface area (Å²) in [6.45, 7) is 3.48. The van der Waals surface area contributed by atoms with E-state index in [1.54, 1.807) is 13.8 Å². The van der Waals surface area contributed by atoms with Crippen LogP contribution < -0.4 is 9.47 Å². The van der Waals surface area contributed by atoms with Crippen molar-refractivity contribution >= 4 is 45.3 Å². The zero-order valence-electron chi connectivity index (χ0n) is 25.8. The summed E-state index contributed by atoms with van der Waals surface area (Å²) in [5, 5.41) is 25.0. The number of carbonyl (C=O) groups is 4. The van der Waals surface area contributed by atoms with Gasteiger partial charge in [0.25, 0.3) is 11.6 Å². The molecule has 0 amide bonds. The molecular weight excluding hydrogens is 620 g/mol. The molecule has 0 fully saturated rings. The lowest BCUT2D eigenvalue weighted by Crippen LogP contribution is -2.15. The maximum atomic E-state index is 12.2. The lowest BCUT2D eigenvalue weighted by molar-refractivity contribution is -0.135. The second kappa shape index (κ2) is 14.1.